The number of piperidine rings is 1. The lowest BCUT2D eigenvalue weighted by Gasteiger charge is -2.31. The minimum absolute atomic E-state index is 0.121. The molecule has 0 aliphatic carbocycles. The van der Waals surface area contributed by atoms with Crippen LogP contribution in [0.5, 0.6) is 0 Å². The van der Waals surface area contributed by atoms with Crippen molar-refractivity contribution in [3.8, 4) is 0 Å². The molecule has 1 saturated heterocycles. The van der Waals surface area contributed by atoms with Crippen LogP contribution in [0.4, 0.5) is 10.1 Å². The molecule has 4 nitrogen and oxygen atoms in total. The second-order valence-electron chi connectivity index (χ2n) is 5.78. The normalized spacial score (nSPS) is 18.0. The maximum Gasteiger partial charge on any atom is 0.243 e. The van der Waals surface area contributed by atoms with Gasteiger partial charge in [0.25, 0.3) is 0 Å². The van der Waals surface area contributed by atoms with Crippen molar-refractivity contribution in [2.24, 2.45) is 5.92 Å². The van der Waals surface area contributed by atoms with E-state index in [4.69, 9.17) is 5.73 Å². The summed E-state index contributed by atoms with van der Waals surface area (Å²) in [5.74, 6) is 0.0361. The summed E-state index contributed by atoms with van der Waals surface area (Å²) >= 11 is 0. The van der Waals surface area contributed by atoms with Crippen molar-refractivity contribution in [2.75, 3.05) is 18.8 Å². The lowest BCUT2D eigenvalue weighted by Crippen LogP contribution is -2.38. The molecule has 0 spiro atoms. The summed E-state index contributed by atoms with van der Waals surface area (Å²) in [5, 5.41) is 0. The van der Waals surface area contributed by atoms with Gasteiger partial charge in [-0.1, -0.05) is 19.8 Å². The van der Waals surface area contributed by atoms with Crippen LogP contribution < -0.4 is 5.73 Å². The molecule has 2 N–H and O–H groups in total. The minimum atomic E-state index is -3.58. The number of nitrogen functional groups attached to an aromatic ring is 1. The summed E-state index contributed by atoms with van der Waals surface area (Å²) in [6, 6.07) is 2.42. The molecule has 0 radical (unpaired) electrons. The molecule has 0 atom stereocenters. The lowest BCUT2D eigenvalue weighted by atomic mass is 9.94. The Hall–Kier alpha value is -1.14. The molecule has 118 valence electrons. The SMILES string of the molecule is CCCC1CCN(S(=O)(=O)c2cc(N)c(F)cc2C)CC1. The second kappa shape index (κ2) is 6.32. The summed E-state index contributed by atoms with van der Waals surface area (Å²) in [5.41, 5.74) is 5.79. The third kappa shape index (κ3) is 3.37. The van der Waals surface area contributed by atoms with Crippen LogP contribution in [0.1, 0.15) is 38.2 Å². The molecule has 0 aromatic heterocycles. The van der Waals surface area contributed by atoms with Crippen LogP contribution in [0.2, 0.25) is 0 Å². The van der Waals surface area contributed by atoms with E-state index in [1.54, 1.807) is 6.92 Å². The van der Waals surface area contributed by atoms with Gasteiger partial charge in [-0.3, -0.25) is 0 Å². The predicted octanol–water partition coefficient (Wildman–Crippen LogP) is 2.92. The topological polar surface area (TPSA) is 63.4 Å². The third-order valence-corrected chi connectivity index (χ3v) is 6.22. The molecule has 0 unspecified atom stereocenters. The van der Waals surface area contributed by atoms with E-state index in [1.807, 2.05) is 0 Å². The number of rotatable bonds is 4. The highest BCUT2D eigenvalue weighted by Gasteiger charge is 2.30. The van der Waals surface area contributed by atoms with E-state index < -0.39 is 15.8 Å². The van der Waals surface area contributed by atoms with Gasteiger partial charge in [-0.2, -0.15) is 4.31 Å². The first-order valence-corrected chi connectivity index (χ1v) is 8.86. The van der Waals surface area contributed by atoms with E-state index in [-0.39, 0.29) is 10.6 Å². The van der Waals surface area contributed by atoms with Gasteiger partial charge in [0.2, 0.25) is 10.0 Å². The van der Waals surface area contributed by atoms with Crippen LogP contribution in [0.25, 0.3) is 0 Å². The van der Waals surface area contributed by atoms with E-state index >= 15 is 0 Å². The molecule has 21 heavy (non-hydrogen) atoms. The molecule has 1 heterocycles. The Morgan fingerprint density at radius 2 is 1.95 bits per heavy atom. The number of halogens is 1. The Morgan fingerprint density at radius 1 is 1.33 bits per heavy atom. The Bertz CT molecular complexity index is 608. The summed E-state index contributed by atoms with van der Waals surface area (Å²) in [6.45, 7) is 4.81. The highest BCUT2D eigenvalue weighted by Crippen LogP contribution is 2.29. The monoisotopic (exact) mass is 314 g/mol. The number of nitrogens with zero attached hydrogens (tertiary/aromatic N) is 1. The van der Waals surface area contributed by atoms with E-state index in [0.717, 1.165) is 25.7 Å². The van der Waals surface area contributed by atoms with E-state index in [9.17, 15) is 12.8 Å². The largest absolute Gasteiger partial charge is 0.396 e. The first-order valence-electron chi connectivity index (χ1n) is 7.42. The van der Waals surface area contributed by atoms with Crippen molar-refractivity contribution < 1.29 is 12.8 Å². The zero-order valence-electron chi connectivity index (χ0n) is 12.6. The fourth-order valence-corrected chi connectivity index (χ4v) is 4.64. The van der Waals surface area contributed by atoms with Crippen LogP contribution in [0.15, 0.2) is 17.0 Å². The van der Waals surface area contributed by atoms with Gasteiger partial charge >= 0.3 is 0 Å². The number of hydrogen-bond acceptors (Lipinski definition) is 3. The van der Waals surface area contributed by atoms with Crippen molar-refractivity contribution in [3.63, 3.8) is 0 Å². The van der Waals surface area contributed by atoms with Gasteiger partial charge in [0, 0.05) is 13.1 Å². The molecular formula is C15H23FN2O2S. The summed E-state index contributed by atoms with van der Waals surface area (Å²) in [4.78, 5) is 0.121. The predicted molar refractivity (Wildman–Crippen MR) is 81.9 cm³/mol. The standard InChI is InChI=1S/C15H23FN2O2S/c1-3-4-12-5-7-18(8-6-12)21(19,20)15-10-14(17)13(16)9-11(15)2/h9-10,12H,3-8,17H2,1-2H3. The molecule has 2 rings (SSSR count). The number of nitrogens with two attached hydrogens (primary N) is 1. The van der Waals surface area contributed by atoms with Crippen molar-refractivity contribution in [3.05, 3.63) is 23.5 Å². The van der Waals surface area contributed by atoms with E-state index in [0.29, 0.717) is 24.6 Å². The van der Waals surface area contributed by atoms with Crippen LogP contribution >= 0.6 is 0 Å². The van der Waals surface area contributed by atoms with Gasteiger partial charge in [0.1, 0.15) is 5.82 Å². The minimum Gasteiger partial charge on any atom is -0.396 e. The smallest absolute Gasteiger partial charge is 0.243 e. The maximum absolute atomic E-state index is 13.4. The number of anilines is 1. The lowest BCUT2D eigenvalue weighted by molar-refractivity contribution is 0.262. The fraction of sp³-hybridized carbons (Fsp3) is 0.600. The van der Waals surface area contributed by atoms with Gasteiger partial charge in [-0.25, -0.2) is 12.8 Å². The van der Waals surface area contributed by atoms with Gasteiger partial charge in [0.05, 0.1) is 10.6 Å². The highest BCUT2D eigenvalue weighted by atomic mass is 32.2. The maximum atomic E-state index is 13.4. The zero-order chi connectivity index (χ0) is 15.6. The molecule has 0 saturated carbocycles. The quantitative estimate of drug-likeness (QED) is 0.869. The molecule has 1 aliphatic rings. The first kappa shape index (κ1) is 16.2. The van der Waals surface area contributed by atoms with Crippen LogP contribution in [-0.2, 0) is 10.0 Å². The van der Waals surface area contributed by atoms with Gasteiger partial charge < -0.3 is 5.73 Å². The average Bonchev–Trinajstić information content (AvgIpc) is 2.43. The second-order valence-corrected chi connectivity index (χ2v) is 7.68. The summed E-state index contributed by atoms with van der Waals surface area (Å²) in [6.07, 6.45) is 4.06. The molecule has 1 aromatic carbocycles. The van der Waals surface area contributed by atoms with E-state index in [2.05, 4.69) is 6.92 Å². The molecule has 1 aliphatic heterocycles. The fourth-order valence-electron chi connectivity index (χ4n) is 2.93. The van der Waals surface area contributed by atoms with Crippen LogP contribution in [0.3, 0.4) is 0 Å². The van der Waals surface area contributed by atoms with Gasteiger partial charge in [0.15, 0.2) is 0 Å². The molecule has 1 fully saturated rings. The van der Waals surface area contributed by atoms with Crippen LogP contribution in [-0.4, -0.2) is 25.8 Å². The molecule has 6 heteroatoms. The average molecular weight is 314 g/mol. The van der Waals surface area contributed by atoms with Crippen LogP contribution in [0, 0.1) is 18.7 Å². The Balaban J connectivity index is 2.22. The molecule has 1 aromatic rings. The Kier molecular flexibility index (Phi) is 4.88. The Morgan fingerprint density at radius 3 is 2.52 bits per heavy atom. The van der Waals surface area contributed by atoms with Crippen molar-refractivity contribution in [1.82, 2.24) is 4.31 Å². The van der Waals surface area contributed by atoms with Crippen molar-refractivity contribution >= 4 is 15.7 Å². The number of aryl methyl sites for hydroxylation is 1. The number of hydrogen-bond donors (Lipinski definition) is 1. The van der Waals surface area contributed by atoms with E-state index in [1.165, 1.54) is 16.4 Å². The van der Waals surface area contributed by atoms with Gasteiger partial charge in [-0.15, -0.1) is 0 Å². The summed E-state index contributed by atoms with van der Waals surface area (Å²) in [7, 11) is -3.58. The molecular weight excluding hydrogens is 291 g/mol. The highest BCUT2D eigenvalue weighted by molar-refractivity contribution is 7.89. The zero-order valence-corrected chi connectivity index (χ0v) is 13.4. The van der Waals surface area contributed by atoms with Gasteiger partial charge in [-0.05, 0) is 43.4 Å². The first-order chi connectivity index (χ1) is 9.86. The third-order valence-electron chi connectivity index (χ3n) is 4.18. The van der Waals surface area contributed by atoms with Crippen molar-refractivity contribution in [1.29, 1.82) is 0 Å². The number of benzene rings is 1. The molecule has 0 amide bonds. The summed E-state index contributed by atoms with van der Waals surface area (Å²) < 4.78 is 40.3. The number of sulfonamides is 1. The van der Waals surface area contributed by atoms with Crippen molar-refractivity contribution in [2.45, 2.75) is 44.4 Å². The Labute approximate surface area is 126 Å². The molecule has 0 bridgehead atoms.